The number of hydrogen-bond donors (Lipinski definition) is 1. The van der Waals surface area contributed by atoms with Gasteiger partial charge in [0, 0.05) is 7.05 Å². The largest absolute Gasteiger partial charge is 0.313 e. The van der Waals surface area contributed by atoms with Crippen molar-refractivity contribution >= 4 is 6.21 Å². The molecule has 0 saturated carbocycles. The number of nitrogens with zero attached hydrogens (tertiary/aromatic N) is 2. The maximum absolute atomic E-state index is 8.51. The molecule has 1 aromatic carbocycles. The summed E-state index contributed by atoms with van der Waals surface area (Å²) in [6.07, 6.45) is 1.70. The normalized spacial score (nSPS) is 9.67. The van der Waals surface area contributed by atoms with Gasteiger partial charge in [0.25, 0.3) is 0 Å². The highest BCUT2D eigenvalue weighted by atomic mass is 15.3. The van der Waals surface area contributed by atoms with Crippen molar-refractivity contribution in [2.24, 2.45) is 5.10 Å². The van der Waals surface area contributed by atoms with Crippen molar-refractivity contribution < 1.29 is 0 Å². The van der Waals surface area contributed by atoms with E-state index < -0.39 is 0 Å². The van der Waals surface area contributed by atoms with Crippen molar-refractivity contribution in [2.75, 3.05) is 7.05 Å². The lowest BCUT2D eigenvalue weighted by molar-refractivity contribution is 0.908. The first-order valence-electron chi connectivity index (χ1n) is 3.57. The molecule has 0 radical (unpaired) electrons. The third kappa shape index (κ3) is 2.10. The number of nitrogens with one attached hydrogen (secondary N) is 1. The first kappa shape index (κ1) is 8.28. The minimum atomic E-state index is 0.664. The fourth-order valence-corrected chi connectivity index (χ4v) is 0.783. The molecule has 60 valence electrons. The molecule has 0 spiro atoms. The van der Waals surface area contributed by atoms with Crippen LogP contribution in [0.5, 0.6) is 0 Å². The van der Waals surface area contributed by atoms with E-state index in [1.165, 1.54) is 0 Å². The summed E-state index contributed by atoms with van der Waals surface area (Å²) < 4.78 is 0. The van der Waals surface area contributed by atoms with Crippen LogP contribution < -0.4 is 5.43 Å². The van der Waals surface area contributed by atoms with E-state index in [-0.39, 0.29) is 0 Å². The fourth-order valence-electron chi connectivity index (χ4n) is 0.783. The van der Waals surface area contributed by atoms with Crippen molar-refractivity contribution in [3.63, 3.8) is 0 Å². The molecular formula is C9H9N3. The molecule has 1 N–H and O–H groups in total. The minimum absolute atomic E-state index is 0.664. The van der Waals surface area contributed by atoms with Crippen LogP contribution in [0, 0.1) is 11.3 Å². The van der Waals surface area contributed by atoms with Crippen LogP contribution in [-0.4, -0.2) is 13.3 Å². The third-order valence-corrected chi connectivity index (χ3v) is 1.38. The molecule has 3 nitrogen and oxygen atoms in total. The van der Waals surface area contributed by atoms with Crippen molar-refractivity contribution in [3.8, 4) is 6.07 Å². The van der Waals surface area contributed by atoms with Crippen LogP contribution in [0.4, 0.5) is 0 Å². The van der Waals surface area contributed by atoms with Gasteiger partial charge in [0.05, 0.1) is 17.8 Å². The van der Waals surface area contributed by atoms with E-state index >= 15 is 0 Å². The first-order chi connectivity index (χ1) is 5.86. The molecule has 0 aliphatic heterocycles. The lowest BCUT2D eigenvalue weighted by Gasteiger charge is -1.91. The van der Waals surface area contributed by atoms with E-state index in [1.54, 1.807) is 25.4 Å². The van der Waals surface area contributed by atoms with Crippen LogP contribution in [-0.2, 0) is 0 Å². The molecule has 0 fully saturated rings. The zero-order valence-electron chi connectivity index (χ0n) is 6.78. The van der Waals surface area contributed by atoms with Gasteiger partial charge >= 0.3 is 0 Å². The van der Waals surface area contributed by atoms with Crippen LogP contribution in [0.15, 0.2) is 29.4 Å². The quantitative estimate of drug-likeness (QED) is 0.519. The Morgan fingerprint density at radius 3 is 2.58 bits per heavy atom. The molecule has 1 rings (SSSR count). The summed E-state index contributed by atoms with van der Waals surface area (Å²) in [5.41, 5.74) is 4.29. The second-order valence-electron chi connectivity index (χ2n) is 2.22. The van der Waals surface area contributed by atoms with E-state index in [9.17, 15) is 0 Å². The van der Waals surface area contributed by atoms with Crippen LogP contribution >= 0.6 is 0 Å². The van der Waals surface area contributed by atoms with Crippen molar-refractivity contribution in [1.29, 1.82) is 5.26 Å². The number of nitriles is 1. The molecule has 1 aromatic rings. The Labute approximate surface area is 71.3 Å². The predicted molar refractivity (Wildman–Crippen MR) is 47.8 cm³/mol. The summed E-state index contributed by atoms with van der Waals surface area (Å²) >= 11 is 0. The molecule has 12 heavy (non-hydrogen) atoms. The van der Waals surface area contributed by atoms with Crippen molar-refractivity contribution in [3.05, 3.63) is 35.4 Å². The fraction of sp³-hybridized carbons (Fsp3) is 0.111. The predicted octanol–water partition coefficient (Wildman–Crippen LogP) is 1.11. The average molecular weight is 159 g/mol. The van der Waals surface area contributed by atoms with E-state index in [0.717, 1.165) is 5.56 Å². The van der Waals surface area contributed by atoms with Gasteiger partial charge in [0.15, 0.2) is 0 Å². The summed E-state index contributed by atoms with van der Waals surface area (Å²) in [7, 11) is 1.74. The van der Waals surface area contributed by atoms with Gasteiger partial charge in [-0.25, -0.2) is 0 Å². The maximum atomic E-state index is 8.51. The number of hydrogen-bond acceptors (Lipinski definition) is 3. The second-order valence-corrected chi connectivity index (χ2v) is 2.22. The van der Waals surface area contributed by atoms with Crippen molar-refractivity contribution in [1.82, 2.24) is 5.43 Å². The van der Waals surface area contributed by atoms with Gasteiger partial charge in [-0.2, -0.15) is 10.4 Å². The number of rotatable bonds is 2. The highest BCUT2D eigenvalue weighted by Crippen LogP contribution is 1.99. The van der Waals surface area contributed by atoms with E-state index in [2.05, 4.69) is 16.6 Å². The molecule has 0 aromatic heterocycles. The summed E-state index contributed by atoms with van der Waals surface area (Å²) in [6, 6.07) is 9.27. The highest BCUT2D eigenvalue weighted by molar-refractivity contribution is 5.79. The maximum Gasteiger partial charge on any atom is 0.0991 e. The Hall–Kier alpha value is -1.82. The molecule has 0 atom stereocenters. The lowest BCUT2D eigenvalue weighted by atomic mass is 10.2. The molecule has 0 aliphatic rings. The standard InChI is InChI=1S/C9H9N3/c1-11-12-7-9-4-2-8(6-10)3-5-9/h2-5,7,11H,1H3. The smallest absolute Gasteiger partial charge is 0.0991 e. The zero-order valence-corrected chi connectivity index (χ0v) is 6.78. The molecule has 3 heteroatoms. The molecule has 0 aliphatic carbocycles. The Balaban J connectivity index is 2.80. The Bertz CT molecular complexity index is 306. The minimum Gasteiger partial charge on any atom is -0.313 e. The van der Waals surface area contributed by atoms with E-state index in [1.807, 2.05) is 12.1 Å². The van der Waals surface area contributed by atoms with Crippen LogP contribution in [0.2, 0.25) is 0 Å². The topological polar surface area (TPSA) is 48.2 Å². The van der Waals surface area contributed by atoms with Gasteiger partial charge in [-0.3, -0.25) is 0 Å². The molecular weight excluding hydrogens is 150 g/mol. The highest BCUT2D eigenvalue weighted by Gasteiger charge is 1.88. The van der Waals surface area contributed by atoms with Gasteiger partial charge in [0.1, 0.15) is 0 Å². The average Bonchev–Trinajstić information content (AvgIpc) is 2.15. The Morgan fingerprint density at radius 2 is 2.08 bits per heavy atom. The summed E-state index contributed by atoms with van der Waals surface area (Å²) in [5, 5.41) is 12.3. The Kier molecular flexibility index (Phi) is 2.86. The zero-order chi connectivity index (χ0) is 8.81. The molecule has 0 amide bonds. The van der Waals surface area contributed by atoms with Crippen LogP contribution in [0.1, 0.15) is 11.1 Å². The molecule has 0 heterocycles. The SMILES string of the molecule is CNN=Cc1ccc(C#N)cc1. The van der Waals surface area contributed by atoms with E-state index in [4.69, 9.17) is 5.26 Å². The van der Waals surface area contributed by atoms with Gasteiger partial charge in [-0.15, -0.1) is 0 Å². The second kappa shape index (κ2) is 4.14. The van der Waals surface area contributed by atoms with Gasteiger partial charge in [-0.05, 0) is 17.7 Å². The number of hydrazone groups is 1. The van der Waals surface area contributed by atoms with Crippen LogP contribution in [0.25, 0.3) is 0 Å². The van der Waals surface area contributed by atoms with Gasteiger partial charge in [-0.1, -0.05) is 12.1 Å². The van der Waals surface area contributed by atoms with E-state index in [0.29, 0.717) is 5.56 Å². The Morgan fingerprint density at radius 1 is 1.42 bits per heavy atom. The molecule has 0 unspecified atom stereocenters. The molecule has 0 saturated heterocycles. The summed E-state index contributed by atoms with van der Waals surface area (Å²) in [4.78, 5) is 0. The molecule has 0 bridgehead atoms. The number of benzene rings is 1. The summed E-state index contributed by atoms with van der Waals surface area (Å²) in [6.45, 7) is 0. The third-order valence-electron chi connectivity index (χ3n) is 1.38. The summed E-state index contributed by atoms with van der Waals surface area (Å²) in [5.74, 6) is 0. The monoisotopic (exact) mass is 159 g/mol. The lowest BCUT2D eigenvalue weighted by Crippen LogP contribution is -1.94. The van der Waals surface area contributed by atoms with Crippen LogP contribution in [0.3, 0.4) is 0 Å². The van der Waals surface area contributed by atoms with Crippen molar-refractivity contribution in [2.45, 2.75) is 0 Å². The van der Waals surface area contributed by atoms with Gasteiger partial charge < -0.3 is 5.43 Å². The first-order valence-corrected chi connectivity index (χ1v) is 3.57. The van der Waals surface area contributed by atoms with Gasteiger partial charge in [0.2, 0.25) is 0 Å².